The van der Waals surface area contributed by atoms with Crippen molar-refractivity contribution in [1.82, 2.24) is 5.32 Å². The second-order valence-electron chi connectivity index (χ2n) is 2.52. The molecule has 0 aromatic heterocycles. The van der Waals surface area contributed by atoms with Crippen LogP contribution in [0.4, 0.5) is 0 Å². The van der Waals surface area contributed by atoms with Crippen molar-refractivity contribution in [2.75, 3.05) is 6.54 Å². The molecule has 0 atom stereocenters. The summed E-state index contributed by atoms with van der Waals surface area (Å²) in [5.41, 5.74) is 4.11. The number of hydrogen-bond donors (Lipinski definition) is 1. The van der Waals surface area contributed by atoms with E-state index in [1.54, 1.807) is 0 Å². The summed E-state index contributed by atoms with van der Waals surface area (Å²) in [5, 5.41) is 3.27. The van der Waals surface area contributed by atoms with E-state index in [1.165, 1.54) is 16.8 Å². The molecule has 0 aliphatic carbocycles. The topological polar surface area (TPSA) is 12.0 Å². The first-order valence-electron chi connectivity index (χ1n) is 3.30. The third-order valence-corrected chi connectivity index (χ3v) is 1.93. The van der Waals surface area contributed by atoms with E-state index in [0.717, 1.165) is 6.54 Å². The predicted octanol–water partition coefficient (Wildman–Crippen LogP) is 1.83. The standard InChI is InChI=1S/C8H13N/c1-6-4-5-9-8(3)7(6)2/h4,9H,5H2,1-3H3. The predicted molar refractivity (Wildman–Crippen MR) is 40.1 cm³/mol. The fourth-order valence-electron chi connectivity index (χ4n) is 0.939. The second kappa shape index (κ2) is 2.26. The molecule has 1 nitrogen and oxygen atoms in total. The van der Waals surface area contributed by atoms with E-state index < -0.39 is 0 Å². The summed E-state index contributed by atoms with van der Waals surface area (Å²) in [5.74, 6) is 0. The highest BCUT2D eigenvalue weighted by Crippen LogP contribution is 2.14. The molecule has 0 aromatic rings. The summed E-state index contributed by atoms with van der Waals surface area (Å²) in [4.78, 5) is 0. The SMILES string of the molecule is CC1=CCNC(C)=C1C. The third kappa shape index (κ3) is 1.15. The lowest BCUT2D eigenvalue weighted by Gasteiger charge is -2.15. The van der Waals surface area contributed by atoms with Gasteiger partial charge in [0.25, 0.3) is 0 Å². The third-order valence-electron chi connectivity index (χ3n) is 1.93. The number of allylic oxidation sites excluding steroid dienone is 3. The quantitative estimate of drug-likeness (QED) is 0.518. The fraction of sp³-hybridized carbons (Fsp3) is 0.500. The van der Waals surface area contributed by atoms with Gasteiger partial charge in [-0.1, -0.05) is 6.08 Å². The Kier molecular flexibility index (Phi) is 1.60. The van der Waals surface area contributed by atoms with Crippen molar-refractivity contribution in [3.63, 3.8) is 0 Å². The summed E-state index contributed by atoms with van der Waals surface area (Å²) in [6.07, 6.45) is 2.21. The summed E-state index contributed by atoms with van der Waals surface area (Å²) in [6, 6.07) is 0. The Morgan fingerprint density at radius 2 is 2.00 bits per heavy atom. The first kappa shape index (κ1) is 6.40. The van der Waals surface area contributed by atoms with Crippen LogP contribution in [-0.4, -0.2) is 6.54 Å². The molecule has 0 bridgehead atoms. The highest BCUT2D eigenvalue weighted by Gasteiger charge is 2.01. The summed E-state index contributed by atoms with van der Waals surface area (Å²) >= 11 is 0. The zero-order chi connectivity index (χ0) is 6.85. The Hall–Kier alpha value is -0.720. The van der Waals surface area contributed by atoms with Crippen LogP contribution in [0.5, 0.6) is 0 Å². The fourth-order valence-corrected chi connectivity index (χ4v) is 0.939. The van der Waals surface area contributed by atoms with Crippen LogP contribution in [-0.2, 0) is 0 Å². The maximum absolute atomic E-state index is 3.27. The maximum Gasteiger partial charge on any atom is 0.0333 e. The molecule has 0 unspecified atom stereocenters. The van der Waals surface area contributed by atoms with Crippen LogP contribution in [0.3, 0.4) is 0 Å². The maximum atomic E-state index is 3.27. The molecule has 1 rings (SSSR count). The van der Waals surface area contributed by atoms with Crippen molar-refractivity contribution >= 4 is 0 Å². The van der Waals surface area contributed by atoms with Crippen LogP contribution in [0.25, 0.3) is 0 Å². The van der Waals surface area contributed by atoms with Crippen LogP contribution in [0, 0.1) is 0 Å². The largest absolute Gasteiger partial charge is 0.385 e. The Labute approximate surface area is 56.5 Å². The van der Waals surface area contributed by atoms with Crippen LogP contribution in [0.15, 0.2) is 22.9 Å². The molecule has 0 saturated heterocycles. The van der Waals surface area contributed by atoms with E-state index in [9.17, 15) is 0 Å². The highest BCUT2D eigenvalue weighted by atomic mass is 14.9. The molecule has 9 heavy (non-hydrogen) atoms. The molecule has 0 saturated carbocycles. The zero-order valence-corrected chi connectivity index (χ0v) is 6.28. The number of nitrogens with one attached hydrogen (secondary N) is 1. The Morgan fingerprint density at radius 1 is 1.33 bits per heavy atom. The minimum atomic E-state index is 0.995. The Bertz CT molecular complexity index is 175. The first-order valence-corrected chi connectivity index (χ1v) is 3.30. The van der Waals surface area contributed by atoms with E-state index >= 15 is 0 Å². The average Bonchev–Trinajstić information content (AvgIpc) is 1.83. The molecule has 1 heteroatoms. The average molecular weight is 123 g/mol. The van der Waals surface area contributed by atoms with Crippen LogP contribution < -0.4 is 5.32 Å². The molecule has 1 N–H and O–H groups in total. The van der Waals surface area contributed by atoms with E-state index in [1.807, 2.05) is 0 Å². The van der Waals surface area contributed by atoms with Gasteiger partial charge in [-0.25, -0.2) is 0 Å². The van der Waals surface area contributed by atoms with Crippen molar-refractivity contribution in [2.24, 2.45) is 0 Å². The van der Waals surface area contributed by atoms with Gasteiger partial charge in [0.2, 0.25) is 0 Å². The molecule has 0 spiro atoms. The smallest absolute Gasteiger partial charge is 0.0333 e. The van der Waals surface area contributed by atoms with Crippen molar-refractivity contribution in [3.05, 3.63) is 22.9 Å². The van der Waals surface area contributed by atoms with Crippen molar-refractivity contribution in [1.29, 1.82) is 0 Å². The Morgan fingerprint density at radius 3 is 2.44 bits per heavy atom. The molecule has 0 radical (unpaired) electrons. The lowest BCUT2D eigenvalue weighted by molar-refractivity contribution is 0.857. The molecular weight excluding hydrogens is 110 g/mol. The number of rotatable bonds is 0. The lowest BCUT2D eigenvalue weighted by atomic mass is 10.1. The lowest BCUT2D eigenvalue weighted by Crippen LogP contribution is -2.16. The molecule has 1 aliphatic rings. The van der Waals surface area contributed by atoms with Gasteiger partial charge in [-0.2, -0.15) is 0 Å². The minimum absolute atomic E-state index is 0.995. The molecular formula is C8H13N. The zero-order valence-electron chi connectivity index (χ0n) is 6.28. The van der Waals surface area contributed by atoms with Gasteiger partial charge in [0.05, 0.1) is 0 Å². The normalized spacial score (nSPS) is 19.2. The number of hydrogen-bond acceptors (Lipinski definition) is 1. The van der Waals surface area contributed by atoms with Gasteiger partial charge in [-0.15, -0.1) is 0 Å². The van der Waals surface area contributed by atoms with E-state index in [0.29, 0.717) is 0 Å². The number of dihydropyridines is 1. The molecule has 0 aromatic carbocycles. The van der Waals surface area contributed by atoms with Gasteiger partial charge in [-0.3, -0.25) is 0 Å². The van der Waals surface area contributed by atoms with E-state index in [-0.39, 0.29) is 0 Å². The van der Waals surface area contributed by atoms with Crippen molar-refractivity contribution in [2.45, 2.75) is 20.8 Å². The second-order valence-corrected chi connectivity index (χ2v) is 2.52. The van der Waals surface area contributed by atoms with Gasteiger partial charge in [0.1, 0.15) is 0 Å². The molecule has 1 heterocycles. The molecule has 0 fully saturated rings. The highest BCUT2D eigenvalue weighted by molar-refractivity contribution is 5.33. The van der Waals surface area contributed by atoms with Crippen molar-refractivity contribution in [3.8, 4) is 0 Å². The summed E-state index contributed by atoms with van der Waals surface area (Å²) < 4.78 is 0. The van der Waals surface area contributed by atoms with Gasteiger partial charge in [-0.05, 0) is 31.9 Å². The van der Waals surface area contributed by atoms with Crippen LogP contribution >= 0.6 is 0 Å². The van der Waals surface area contributed by atoms with Gasteiger partial charge >= 0.3 is 0 Å². The van der Waals surface area contributed by atoms with Crippen molar-refractivity contribution < 1.29 is 0 Å². The van der Waals surface area contributed by atoms with Crippen LogP contribution in [0.1, 0.15) is 20.8 Å². The van der Waals surface area contributed by atoms with Gasteiger partial charge in [0.15, 0.2) is 0 Å². The molecule has 0 amide bonds. The van der Waals surface area contributed by atoms with Gasteiger partial charge < -0.3 is 5.32 Å². The molecule has 1 aliphatic heterocycles. The minimum Gasteiger partial charge on any atom is -0.385 e. The van der Waals surface area contributed by atoms with E-state index in [2.05, 4.69) is 32.2 Å². The van der Waals surface area contributed by atoms with Gasteiger partial charge in [0, 0.05) is 12.2 Å². The van der Waals surface area contributed by atoms with E-state index in [4.69, 9.17) is 0 Å². The summed E-state index contributed by atoms with van der Waals surface area (Å²) in [7, 11) is 0. The Balaban J connectivity index is 2.88. The first-order chi connectivity index (χ1) is 4.22. The monoisotopic (exact) mass is 123 g/mol. The van der Waals surface area contributed by atoms with Crippen LogP contribution in [0.2, 0.25) is 0 Å². The molecule has 50 valence electrons. The summed E-state index contributed by atoms with van der Waals surface area (Å²) in [6.45, 7) is 7.41.